The highest BCUT2D eigenvalue weighted by Crippen LogP contribution is 2.21. The fourth-order valence-electron chi connectivity index (χ4n) is 2.72. The maximum absolute atomic E-state index is 8.43. The van der Waals surface area contributed by atoms with E-state index in [-0.39, 0.29) is 0 Å². The Morgan fingerprint density at radius 2 is 1.61 bits per heavy atom. The lowest BCUT2D eigenvalue weighted by atomic mass is 10.0. The topological polar surface area (TPSA) is 27.1 Å². The van der Waals surface area contributed by atoms with Gasteiger partial charge in [-0.15, -0.1) is 0 Å². The van der Waals surface area contributed by atoms with Crippen molar-refractivity contribution in [3.63, 3.8) is 0 Å². The van der Waals surface area contributed by atoms with E-state index in [0.29, 0.717) is 5.84 Å². The van der Waals surface area contributed by atoms with E-state index < -0.39 is 0 Å². The van der Waals surface area contributed by atoms with Crippen LogP contribution in [0.1, 0.15) is 24.8 Å². The lowest BCUT2D eigenvalue weighted by molar-refractivity contribution is 0.341. The van der Waals surface area contributed by atoms with Crippen molar-refractivity contribution >= 4 is 16.6 Å². The van der Waals surface area contributed by atoms with Gasteiger partial charge in [-0.2, -0.15) is 0 Å². The molecule has 1 aliphatic rings. The monoisotopic (exact) mass is 238 g/mol. The van der Waals surface area contributed by atoms with Gasteiger partial charge in [0.1, 0.15) is 5.84 Å². The molecule has 0 amide bonds. The first-order valence-electron chi connectivity index (χ1n) is 6.68. The van der Waals surface area contributed by atoms with E-state index in [4.69, 9.17) is 5.41 Å². The quantitative estimate of drug-likeness (QED) is 0.596. The highest BCUT2D eigenvalue weighted by Gasteiger charge is 2.16. The van der Waals surface area contributed by atoms with E-state index in [2.05, 4.69) is 47.4 Å². The minimum atomic E-state index is 0.687. The highest BCUT2D eigenvalue weighted by molar-refractivity contribution is 6.08. The number of nitrogens with zero attached hydrogens (tertiary/aromatic N) is 1. The molecule has 1 fully saturated rings. The van der Waals surface area contributed by atoms with Gasteiger partial charge in [0.15, 0.2) is 0 Å². The average molecular weight is 238 g/mol. The normalized spacial score (nSPS) is 15.9. The van der Waals surface area contributed by atoms with E-state index >= 15 is 0 Å². The van der Waals surface area contributed by atoms with Gasteiger partial charge in [-0.3, -0.25) is 5.41 Å². The Labute approximate surface area is 108 Å². The summed E-state index contributed by atoms with van der Waals surface area (Å²) in [5.74, 6) is 0.687. The van der Waals surface area contributed by atoms with Crippen LogP contribution >= 0.6 is 0 Å². The minimum absolute atomic E-state index is 0.687. The van der Waals surface area contributed by atoms with Gasteiger partial charge in [0.25, 0.3) is 0 Å². The van der Waals surface area contributed by atoms with Gasteiger partial charge < -0.3 is 4.90 Å². The van der Waals surface area contributed by atoms with Crippen LogP contribution in [-0.4, -0.2) is 23.8 Å². The zero-order chi connectivity index (χ0) is 12.4. The Morgan fingerprint density at radius 3 is 2.44 bits per heavy atom. The van der Waals surface area contributed by atoms with Gasteiger partial charge in [0.05, 0.1) is 0 Å². The lowest BCUT2D eigenvalue weighted by Crippen LogP contribution is -2.35. The first-order valence-corrected chi connectivity index (χ1v) is 6.68. The third kappa shape index (κ3) is 1.99. The van der Waals surface area contributed by atoms with Gasteiger partial charge in [-0.25, -0.2) is 0 Å². The predicted molar refractivity (Wildman–Crippen MR) is 76.2 cm³/mol. The summed E-state index contributed by atoms with van der Waals surface area (Å²) in [6.07, 6.45) is 3.74. The van der Waals surface area contributed by atoms with Crippen LogP contribution in [0.2, 0.25) is 0 Å². The molecule has 1 aliphatic heterocycles. The average Bonchev–Trinajstić information content (AvgIpc) is 2.47. The van der Waals surface area contributed by atoms with E-state index in [9.17, 15) is 0 Å². The van der Waals surface area contributed by atoms with Gasteiger partial charge >= 0.3 is 0 Å². The highest BCUT2D eigenvalue weighted by atomic mass is 15.2. The third-order valence-corrected chi connectivity index (χ3v) is 3.72. The number of likely N-dealkylation sites (tertiary alicyclic amines) is 1. The van der Waals surface area contributed by atoms with Crippen LogP contribution in [0.5, 0.6) is 0 Å². The Morgan fingerprint density at radius 1 is 0.889 bits per heavy atom. The van der Waals surface area contributed by atoms with E-state index in [1.165, 1.54) is 30.0 Å². The molecule has 0 aliphatic carbocycles. The van der Waals surface area contributed by atoms with Gasteiger partial charge in [-0.1, -0.05) is 42.5 Å². The van der Waals surface area contributed by atoms with Crippen molar-refractivity contribution < 1.29 is 0 Å². The molecule has 18 heavy (non-hydrogen) atoms. The third-order valence-electron chi connectivity index (χ3n) is 3.72. The number of hydrogen-bond donors (Lipinski definition) is 1. The van der Waals surface area contributed by atoms with E-state index in [1.807, 2.05) is 0 Å². The number of amidine groups is 1. The molecule has 2 nitrogen and oxygen atoms in total. The summed E-state index contributed by atoms with van der Waals surface area (Å²) in [7, 11) is 0. The molecule has 0 radical (unpaired) electrons. The maximum atomic E-state index is 8.43. The fraction of sp³-hybridized carbons (Fsp3) is 0.312. The molecule has 3 rings (SSSR count). The largest absolute Gasteiger partial charge is 0.357 e. The summed E-state index contributed by atoms with van der Waals surface area (Å²) in [4.78, 5) is 2.21. The smallest absolute Gasteiger partial charge is 0.128 e. The fourth-order valence-corrected chi connectivity index (χ4v) is 2.72. The first-order chi connectivity index (χ1) is 8.86. The minimum Gasteiger partial charge on any atom is -0.357 e. The SMILES string of the molecule is N=C(c1cccc2ccccc12)N1CCCCC1. The molecule has 92 valence electrons. The zero-order valence-corrected chi connectivity index (χ0v) is 10.5. The molecule has 2 aromatic rings. The molecular weight excluding hydrogens is 220 g/mol. The second-order valence-electron chi connectivity index (χ2n) is 4.92. The van der Waals surface area contributed by atoms with Crippen LogP contribution in [0.3, 0.4) is 0 Å². The van der Waals surface area contributed by atoms with Crippen LogP contribution in [0, 0.1) is 5.41 Å². The van der Waals surface area contributed by atoms with Crippen LogP contribution < -0.4 is 0 Å². The standard InChI is InChI=1S/C16H18N2/c17-16(18-11-4-1-5-12-18)15-10-6-8-13-7-2-3-9-14(13)15/h2-3,6-10,17H,1,4-5,11-12H2. The summed E-state index contributed by atoms with van der Waals surface area (Å²) in [5.41, 5.74) is 1.06. The summed E-state index contributed by atoms with van der Waals surface area (Å²) in [6, 6.07) is 14.6. The second-order valence-corrected chi connectivity index (χ2v) is 4.92. The van der Waals surface area contributed by atoms with Crippen LogP contribution in [-0.2, 0) is 0 Å². The molecule has 0 saturated carbocycles. The van der Waals surface area contributed by atoms with Crippen molar-refractivity contribution in [1.29, 1.82) is 5.41 Å². The number of fused-ring (bicyclic) bond motifs is 1. The molecule has 2 aromatic carbocycles. The Bertz CT molecular complexity index is 563. The zero-order valence-electron chi connectivity index (χ0n) is 10.5. The number of rotatable bonds is 1. The second kappa shape index (κ2) is 4.81. The maximum Gasteiger partial charge on any atom is 0.128 e. The Kier molecular flexibility index (Phi) is 3.01. The van der Waals surface area contributed by atoms with Crippen molar-refractivity contribution in [1.82, 2.24) is 4.90 Å². The summed E-state index contributed by atoms with van der Waals surface area (Å²) >= 11 is 0. The van der Waals surface area contributed by atoms with Gasteiger partial charge in [0, 0.05) is 18.7 Å². The number of piperidine rings is 1. The molecule has 1 N–H and O–H groups in total. The lowest BCUT2D eigenvalue weighted by Gasteiger charge is -2.29. The van der Waals surface area contributed by atoms with Crippen LogP contribution in [0.25, 0.3) is 10.8 Å². The molecule has 0 unspecified atom stereocenters. The molecular formula is C16H18N2. The van der Waals surface area contributed by atoms with Crippen molar-refractivity contribution in [3.8, 4) is 0 Å². The Balaban J connectivity index is 2.00. The summed E-state index contributed by atoms with van der Waals surface area (Å²) < 4.78 is 0. The van der Waals surface area contributed by atoms with Crippen molar-refractivity contribution in [2.75, 3.05) is 13.1 Å². The number of nitrogens with one attached hydrogen (secondary N) is 1. The van der Waals surface area contributed by atoms with Crippen molar-refractivity contribution in [2.45, 2.75) is 19.3 Å². The van der Waals surface area contributed by atoms with E-state index in [0.717, 1.165) is 18.7 Å². The molecule has 0 atom stereocenters. The molecule has 0 aromatic heterocycles. The molecule has 1 heterocycles. The molecule has 1 saturated heterocycles. The van der Waals surface area contributed by atoms with Crippen molar-refractivity contribution in [3.05, 3.63) is 48.0 Å². The molecule has 2 heteroatoms. The van der Waals surface area contributed by atoms with Crippen LogP contribution in [0.4, 0.5) is 0 Å². The number of hydrogen-bond acceptors (Lipinski definition) is 1. The summed E-state index contributed by atoms with van der Waals surface area (Å²) in [6.45, 7) is 2.06. The molecule has 0 bridgehead atoms. The Hall–Kier alpha value is -1.83. The van der Waals surface area contributed by atoms with E-state index in [1.54, 1.807) is 0 Å². The van der Waals surface area contributed by atoms with Gasteiger partial charge in [-0.05, 0) is 30.0 Å². The number of benzene rings is 2. The summed E-state index contributed by atoms with van der Waals surface area (Å²) in [5, 5.41) is 10.8. The van der Waals surface area contributed by atoms with Gasteiger partial charge in [0.2, 0.25) is 0 Å². The van der Waals surface area contributed by atoms with Crippen molar-refractivity contribution in [2.24, 2.45) is 0 Å². The predicted octanol–water partition coefficient (Wildman–Crippen LogP) is 3.65. The first kappa shape index (κ1) is 11.3. The van der Waals surface area contributed by atoms with Crippen LogP contribution in [0.15, 0.2) is 42.5 Å². The molecule has 0 spiro atoms.